The number of benzene rings is 1. The Kier molecular flexibility index (Phi) is 4.17. The largest absolute Gasteiger partial charge is 0.494 e. The van der Waals surface area contributed by atoms with Crippen LogP contribution in [-0.2, 0) is 0 Å². The molecule has 0 aliphatic carbocycles. The van der Waals surface area contributed by atoms with Crippen LogP contribution >= 0.6 is 0 Å². The zero-order valence-corrected chi connectivity index (χ0v) is 8.49. The van der Waals surface area contributed by atoms with Crippen LogP contribution in [0.3, 0.4) is 0 Å². The van der Waals surface area contributed by atoms with Gasteiger partial charge in [0.25, 0.3) is 5.91 Å². The fraction of sp³-hybridized carbons (Fsp3) is 0.273. The summed E-state index contributed by atoms with van der Waals surface area (Å²) in [4.78, 5) is 11.2. The van der Waals surface area contributed by atoms with Crippen molar-refractivity contribution in [3.63, 3.8) is 0 Å². The van der Waals surface area contributed by atoms with E-state index in [1.165, 1.54) is 0 Å². The van der Waals surface area contributed by atoms with Crippen molar-refractivity contribution in [1.82, 2.24) is 5.32 Å². The Morgan fingerprint density at radius 3 is 2.67 bits per heavy atom. The number of nitrogens with one attached hydrogen (secondary N) is 1. The van der Waals surface area contributed by atoms with Crippen LogP contribution in [0.5, 0.6) is 5.75 Å². The summed E-state index contributed by atoms with van der Waals surface area (Å²) in [5.41, 5.74) is 0.445. The van der Waals surface area contributed by atoms with E-state index >= 15 is 0 Å². The number of ether oxygens (including phenoxy) is 1. The predicted molar refractivity (Wildman–Crippen MR) is 55.3 cm³/mol. The first kappa shape index (κ1) is 11.1. The van der Waals surface area contributed by atoms with E-state index in [-0.39, 0.29) is 0 Å². The Morgan fingerprint density at radius 1 is 1.47 bits per heavy atom. The van der Waals surface area contributed by atoms with Gasteiger partial charge in [-0.2, -0.15) is 5.26 Å². The second-order valence-electron chi connectivity index (χ2n) is 2.94. The Morgan fingerprint density at radius 2 is 2.13 bits per heavy atom. The SMILES string of the molecule is CCCOc1ccc(C(=O)NC#N)cc1. The molecule has 0 radical (unpaired) electrons. The zero-order chi connectivity index (χ0) is 11.1. The third-order valence-electron chi connectivity index (χ3n) is 1.76. The number of hydrogen-bond acceptors (Lipinski definition) is 3. The molecule has 4 nitrogen and oxygen atoms in total. The van der Waals surface area contributed by atoms with E-state index in [0.717, 1.165) is 12.2 Å². The molecule has 0 aromatic heterocycles. The maximum Gasteiger partial charge on any atom is 0.264 e. The molecule has 78 valence electrons. The van der Waals surface area contributed by atoms with Crippen LogP contribution in [0.2, 0.25) is 0 Å². The summed E-state index contributed by atoms with van der Waals surface area (Å²) in [6.07, 6.45) is 2.53. The van der Waals surface area contributed by atoms with E-state index in [4.69, 9.17) is 10.00 Å². The van der Waals surface area contributed by atoms with Gasteiger partial charge in [0.15, 0.2) is 6.19 Å². The van der Waals surface area contributed by atoms with Crippen LogP contribution < -0.4 is 10.1 Å². The first-order chi connectivity index (χ1) is 7.27. The minimum Gasteiger partial charge on any atom is -0.494 e. The van der Waals surface area contributed by atoms with Crippen molar-refractivity contribution < 1.29 is 9.53 Å². The van der Waals surface area contributed by atoms with Gasteiger partial charge in [0.1, 0.15) is 5.75 Å². The number of nitrogens with zero attached hydrogens (tertiary/aromatic N) is 1. The smallest absolute Gasteiger partial charge is 0.264 e. The fourth-order valence-corrected chi connectivity index (χ4v) is 1.05. The van der Waals surface area contributed by atoms with E-state index in [1.807, 2.05) is 6.92 Å². The lowest BCUT2D eigenvalue weighted by Crippen LogP contribution is -2.16. The van der Waals surface area contributed by atoms with Crippen molar-refractivity contribution in [2.75, 3.05) is 6.61 Å². The highest BCUT2D eigenvalue weighted by molar-refractivity contribution is 5.95. The number of carbonyl (C=O) groups excluding carboxylic acids is 1. The first-order valence-corrected chi connectivity index (χ1v) is 4.70. The summed E-state index contributed by atoms with van der Waals surface area (Å²) in [7, 11) is 0. The van der Waals surface area contributed by atoms with E-state index in [9.17, 15) is 4.79 Å². The Hall–Kier alpha value is -2.02. The lowest BCUT2D eigenvalue weighted by Gasteiger charge is -2.04. The predicted octanol–water partition coefficient (Wildman–Crippen LogP) is 1.69. The fourth-order valence-electron chi connectivity index (χ4n) is 1.05. The van der Waals surface area contributed by atoms with Crippen LogP contribution in [0.25, 0.3) is 0 Å². The highest BCUT2D eigenvalue weighted by Crippen LogP contribution is 2.12. The number of hydrogen-bond donors (Lipinski definition) is 1. The van der Waals surface area contributed by atoms with E-state index in [1.54, 1.807) is 30.5 Å². The third-order valence-corrected chi connectivity index (χ3v) is 1.76. The van der Waals surface area contributed by atoms with E-state index in [0.29, 0.717) is 12.2 Å². The molecule has 0 heterocycles. The second kappa shape index (κ2) is 5.66. The van der Waals surface area contributed by atoms with Crippen molar-refractivity contribution >= 4 is 5.91 Å². The van der Waals surface area contributed by atoms with Gasteiger partial charge < -0.3 is 4.74 Å². The van der Waals surface area contributed by atoms with E-state index < -0.39 is 5.91 Å². The first-order valence-electron chi connectivity index (χ1n) is 4.70. The lowest BCUT2D eigenvalue weighted by molar-refractivity contribution is 0.0973. The monoisotopic (exact) mass is 204 g/mol. The van der Waals surface area contributed by atoms with Crippen LogP contribution in [0, 0.1) is 11.5 Å². The number of carbonyl (C=O) groups is 1. The molecule has 15 heavy (non-hydrogen) atoms. The molecular formula is C11H12N2O2. The van der Waals surface area contributed by atoms with Gasteiger partial charge in [0.05, 0.1) is 6.61 Å². The molecule has 0 bridgehead atoms. The van der Waals surface area contributed by atoms with Crippen molar-refractivity contribution in [2.45, 2.75) is 13.3 Å². The van der Waals surface area contributed by atoms with Crippen molar-refractivity contribution in [1.29, 1.82) is 5.26 Å². The molecule has 4 heteroatoms. The molecule has 0 aliphatic heterocycles. The molecule has 0 fully saturated rings. The van der Waals surface area contributed by atoms with Crippen molar-refractivity contribution in [3.05, 3.63) is 29.8 Å². The van der Waals surface area contributed by atoms with Crippen LogP contribution in [0.4, 0.5) is 0 Å². The average Bonchev–Trinajstić information content (AvgIpc) is 2.27. The van der Waals surface area contributed by atoms with Crippen LogP contribution in [0.1, 0.15) is 23.7 Å². The summed E-state index contributed by atoms with van der Waals surface area (Å²) in [6, 6.07) is 6.67. The quantitative estimate of drug-likeness (QED) is 0.599. The number of nitriles is 1. The maximum absolute atomic E-state index is 11.2. The molecule has 1 aromatic rings. The number of rotatable bonds is 4. The molecule has 0 aliphatic rings. The standard InChI is InChI=1S/C11H12N2O2/c1-2-7-15-10-5-3-9(4-6-10)11(14)13-8-12/h3-6H,2,7H2,1H3,(H,13,14). The molecule has 1 amide bonds. The molecule has 1 rings (SSSR count). The Bertz CT molecular complexity index is 365. The highest BCUT2D eigenvalue weighted by atomic mass is 16.5. The molecule has 0 saturated carbocycles. The Labute approximate surface area is 88.5 Å². The summed E-state index contributed by atoms with van der Waals surface area (Å²) in [6.45, 7) is 2.68. The number of amides is 1. The van der Waals surface area contributed by atoms with Crippen molar-refractivity contribution in [2.24, 2.45) is 0 Å². The Balaban J connectivity index is 2.64. The average molecular weight is 204 g/mol. The lowest BCUT2D eigenvalue weighted by atomic mass is 10.2. The van der Waals surface area contributed by atoms with Crippen LogP contribution in [-0.4, -0.2) is 12.5 Å². The van der Waals surface area contributed by atoms with Gasteiger partial charge in [-0.15, -0.1) is 0 Å². The van der Waals surface area contributed by atoms with Gasteiger partial charge in [-0.25, -0.2) is 0 Å². The summed E-state index contributed by atoms with van der Waals surface area (Å²) in [5, 5.41) is 10.3. The van der Waals surface area contributed by atoms with Crippen LogP contribution in [0.15, 0.2) is 24.3 Å². The highest BCUT2D eigenvalue weighted by Gasteiger charge is 2.03. The normalized spacial score (nSPS) is 9.07. The summed E-state index contributed by atoms with van der Waals surface area (Å²) in [5.74, 6) is 0.324. The van der Waals surface area contributed by atoms with Gasteiger partial charge >= 0.3 is 0 Å². The minimum absolute atomic E-state index is 0.403. The zero-order valence-electron chi connectivity index (χ0n) is 8.49. The molecule has 0 saturated heterocycles. The van der Waals surface area contributed by atoms with Gasteiger partial charge in [0.2, 0.25) is 0 Å². The summed E-state index contributed by atoms with van der Waals surface area (Å²) < 4.78 is 5.35. The molecule has 1 N–H and O–H groups in total. The van der Waals surface area contributed by atoms with Gasteiger partial charge in [-0.3, -0.25) is 10.1 Å². The molecule has 0 atom stereocenters. The maximum atomic E-state index is 11.2. The second-order valence-corrected chi connectivity index (χ2v) is 2.94. The third kappa shape index (κ3) is 3.31. The molecular weight excluding hydrogens is 192 g/mol. The minimum atomic E-state index is -0.403. The molecule has 0 unspecified atom stereocenters. The topological polar surface area (TPSA) is 62.1 Å². The van der Waals surface area contributed by atoms with Gasteiger partial charge in [0, 0.05) is 5.56 Å². The van der Waals surface area contributed by atoms with Gasteiger partial charge in [-0.05, 0) is 30.7 Å². The summed E-state index contributed by atoms with van der Waals surface area (Å²) >= 11 is 0. The van der Waals surface area contributed by atoms with E-state index in [2.05, 4.69) is 5.32 Å². The molecule has 0 spiro atoms. The van der Waals surface area contributed by atoms with Crippen molar-refractivity contribution in [3.8, 4) is 11.9 Å². The molecule has 1 aromatic carbocycles. The van der Waals surface area contributed by atoms with Gasteiger partial charge in [-0.1, -0.05) is 6.92 Å².